The maximum Gasteiger partial charge on any atom is 0.136 e. The topological polar surface area (TPSA) is 35.5 Å². The average Bonchev–Trinajstić information content (AvgIpc) is 2.42. The van der Waals surface area contributed by atoms with Crippen LogP contribution in [-0.4, -0.2) is 31.2 Å². The van der Waals surface area contributed by atoms with Gasteiger partial charge >= 0.3 is 0 Å². The normalized spacial score (nSPS) is 39.4. The van der Waals surface area contributed by atoms with E-state index in [-0.39, 0.29) is 5.60 Å². The fourth-order valence-electron chi connectivity index (χ4n) is 4.21. The molecule has 0 radical (unpaired) electrons. The molecular formula is C16H26O3. The van der Waals surface area contributed by atoms with Crippen molar-refractivity contribution in [2.24, 2.45) is 17.8 Å². The van der Waals surface area contributed by atoms with Gasteiger partial charge in [-0.2, -0.15) is 0 Å². The van der Waals surface area contributed by atoms with Gasteiger partial charge in [0.15, 0.2) is 0 Å². The van der Waals surface area contributed by atoms with Crippen LogP contribution in [0, 0.1) is 17.8 Å². The fraction of sp³-hybridized carbons (Fsp3) is 0.938. The third-order valence-corrected chi connectivity index (χ3v) is 5.46. The number of rotatable bonds is 1. The highest BCUT2D eigenvalue weighted by atomic mass is 16.5. The number of hydrogen-bond acceptors (Lipinski definition) is 3. The van der Waals surface area contributed by atoms with Gasteiger partial charge in [0.05, 0.1) is 5.60 Å². The van der Waals surface area contributed by atoms with Crippen LogP contribution in [0.15, 0.2) is 0 Å². The van der Waals surface area contributed by atoms with E-state index in [4.69, 9.17) is 9.47 Å². The lowest BCUT2D eigenvalue weighted by molar-refractivity contribution is -0.158. The molecule has 19 heavy (non-hydrogen) atoms. The Labute approximate surface area is 116 Å². The van der Waals surface area contributed by atoms with Crippen molar-refractivity contribution in [1.82, 2.24) is 0 Å². The summed E-state index contributed by atoms with van der Waals surface area (Å²) >= 11 is 0. The lowest BCUT2D eigenvalue weighted by atomic mass is 9.68. The molecular weight excluding hydrogens is 240 g/mol. The first-order valence-electron chi connectivity index (χ1n) is 7.93. The van der Waals surface area contributed by atoms with Crippen LogP contribution in [0.4, 0.5) is 0 Å². The van der Waals surface area contributed by atoms with Crippen molar-refractivity contribution in [2.75, 3.05) is 19.8 Å². The van der Waals surface area contributed by atoms with Gasteiger partial charge in [0.1, 0.15) is 5.78 Å². The summed E-state index contributed by atoms with van der Waals surface area (Å²) in [5, 5.41) is 0. The van der Waals surface area contributed by atoms with Crippen LogP contribution >= 0.6 is 0 Å². The Hall–Kier alpha value is -0.410. The van der Waals surface area contributed by atoms with E-state index in [0.717, 1.165) is 70.7 Å². The molecule has 1 spiro atoms. The predicted molar refractivity (Wildman–Crippen MR) is 73.0 cm³/mol. The Morgan fingerprint density at radius 3 is 2.74 bits per heavy atom. The minimum atomic E-state index is 0.0299. The van der Waals surface area contributed by atoms with E-state index < -0.39 is 0 Å². The first kappa shape index (κ1) is 13.6. The SMILES string of the molecule is CC1CCC(=O)C(C2CCOC3(CCOCC3)C2)C1. The van der Waals surface area contributed by atoms with Gasteiger partial charge in [-0.3, -0.25) is 4.79 Å². The number of carbonyl (C=O) groups excluding carboxylic acids is 1. The predicted octanol–water partition coefficient (Wildman–Crippen LogP) is 2.97. The Kier molecular flexibility index (Phi) is 3.95. The van der Waals surface area contributed by atoms with E-state index in [1.54, 1.807) is 0 Å². The zero-order chi connectivity index (χ0) is 13.3. The van der Waals surface area contributed by atoms with Gasteiger partial charge < -0.3 is 9.47 Å². The zero-order valence-corrected chi connectivity index (χ0v) is 12.0. The van der Waals surface area contributed by atoms with Crippen molar-refractivity contribution in [2.45, 2.75) is 57.5 Å². The van der Waals surface area contributed by atoms with E-state index in [1.165, 1.54) is 0 Å². The Balaban J connectivity index is 1.68. The monoisotopic (exact) mass is 266 g/mol. The number of hydrogen-bond donors (Lipinski definition) is 0. The van der Waals surface area contributed by atoms with E-state index in [1.807, 2.05) is 0 Å². The van der Waals surface area contributed by atoms with Crippen LogP contribution in [0.25, 0.3) is 0 Å². The van der Waals surface area contributed by atoms with Crippen molar-refractivity contribution in [3.63, 3.8) is 0 Å². The van der Waals surface area contributed by atoms with Crippen LogP contribution < -0.4 is 0 Å². The number of ether oxygens (including phenoxy) is 2. The maximum absolute atomic E-state index is 12.2. The molecule has 3 nitrogen and oxygen atoms in total. The summed E-state index contributed by atoms with van der Waals surface area (Å²) in [4.78, 5) is 12.2. The van der Waals surface area contributed by atoms with Crippen LogP contribution in [-0.2, 0) is 14.3 Å². The molecule has 0 aromatic carbocycles. The zero-order valence-electron chi connectivity index (χ0n) is 12.0. The van der Waals surface area contributed by atoms with Gasteiger partial charge in [-0.05, 0) is 50.4 Å². The second-order valence-corrected chi connectivity index (χ2v) is 6.85. The van der Waals surface area contributed by atoms with E-state index in [9.17, 15) is 4.79 Å². The highest BCUT2D eigenvalue weighted by Gasteiger charge is 2.43. The summed E-state index contributed by atoms with van der Waals surface area (Å²) < 4.78 is 11.6. The van der Waals surface area contributed by atoms with Crippen LogP contribution in [0.2, 0.25) is 0 Å². The van der Waals surface area contributed by atoms with E-state index >= 15 is 0 Å². The van der Waals surface area contributed by atoms with Gasteiger partial charge in [-0.15, -0.1) is 0 Å². The van der Waals surface area contributed by atoms with Gasteiger partial charge in [-0.25, -0.2) is 0 Å². The molecule has 3 aliphatic rings. The molecule has 1 aliphatic carbocycles. The quantitative estimate of drug-likeness (QED) is 0.732. The summed E-state index contributed by atoms with van der Waals surface area (Å²) in [7, 11) is 0. The molecule has 2 heterocycles. The van der Waals surface area contributed by atoms with Crippen LogP contribution in [0.3, 0.4) is 0 Å². The number of ketones is 1. The maximum atomic E-state index is 12.2. The molecule has 3 heteroatoms. The molecule has 0 N–H and O–H groups in total. The molecule has 0 aromatic rings. The van der Waals surface area contributed by atoms with Crippen LogP contribution in [0.1, 0.15) is 51.9 Å². The van der Waals surface area contributed by atoms with Gasteiger partial charge in [-0.1, -0.05) is 6.92 Å². The number of Topliss-reactive ketones (excluding diaryl/α,β-unsaturated/α-hetero) is 1. The fourth-order valence-corrected chi connectivity index (χ4v) is 4.21. The first-order valence-corrected chi connectivity index (χ1v) is 7.93. The molecule has 2 saturated heterocycles. The molecule has 108 valence electrons. The summed E-state index contributed by atoms with van der Waals surface area (Å²) in [6.45, 7) is 4.77. The third-order valence-electron chi connectivity index (χ3n) is 5.46. The minimum absolute atomic E-state index is 0.0299. The van der Waals surface area contributed by atoms with Crippen molar-refractivity contribution < 1.29 is 14.3 Å². The molecule has 1 saturated carbocycles. The summed E-state index contributed by atoms with van der Waals surface area (Å²) in [6.07, 6.45) is 7.19. The summed E-state index contributed by atoms with van der Waals surface area (Å²) in [5.41, 5.74) is 0.0299. The minimum Gasteiger partial charge on any atom is -0.381 e. The lowest BCUT2D eigenvalue weighted by Gasteiger charge is -2.46. The molecule has 0 amide bonds. The van der Waals surface area contributed by atoms with E-state index in [2.05, 4.69) is 6.92 Å². The third kappa shape index (κ3) is 2.87. The van der Waals surface area contributed by atoms with Gasteiger partial charge in [0.2, 0.25) is 0 Å². The van der Waals surface area contributed by atoms with Crippen molar-refractivity contribution in [3.8, 4) is 0 Å². The second-order valence-electron chi connectivity index (χ2n) is 6.85. The molecule has 3 fully saturated rings. The molecule has 0 aromatic heterocycles. The smallest absolute Gasteiger partial charge is 0.136 e. The molecule has 0 bridgehead atoms. The first-order chi connectivity index (χ1) is 9.19. The van der Waals surface area contributed by atoms with Crippen molar-refractivity contribution >= 4 is 5.78 Å². The number of carbonyl (C=O) groups is 1. The largest absolute Gasteiger partial charge is 0.381 e. The van der Waals surface area contributed by atoms with Crippen LogP contribution in [0.5, 0.6) is 0 Å². The molecule has 3 rings (SSSR count). The molecule has 2 aliphatic heterocycles. The second kappa shape index (κ2) is 5.53. The van der Waals surface area contributed by atoms with Crippen molar-refractivity contribution in [3.05, 3.63) is 0 Å². The Morgan fingerprint density at radius 2 is 1.95 bits per heavy atom. The Bertz CT molecular complexity index is 327. The molecule has 3 unspecified atom stereocenters. The average molecular weight is 266 g/mol. The van der Waals surface area contributed by atoms with Gasteiger partial charge in [0.25, 0.3) is 0 Å². The highest BCUT2D eigenvalue weighted by molar-refractivity contribution is 5.82. The lowest BCUT2D eigenvalue weighted by Crippen LogP contribution is -2.47. The summed E-state index contributed by atoms with van der Waals surface area (Å²) in [6, 6.07) is 0. The highest BCUT2D eigenvalue weighted by Crippen LogP contribution is 2.43. The summed E-state index contributed by atoms with van der Waals surface area (Å²) in [5.74, 6) is 2.11. The van der Waals surface area contributed by atoms with Gasteiger partial charge in [0, 0.05) is 32.2 Å². The Morgan fingerprint density at radius 1 is 1.16 bits per heavy atom. The van der Waals surface area contributed by atoms with Crippen molar-refractivity contribution in [1.29, 1.82) is 0 Å². The molecule has 3 atom stereocenters. The standard InChI is InChI=1S/C16H26O3/c1-12-2-3-15(17)14(10-12)13-4-7-19-16(11-13)5-8-18-9-6-16/h12-14H,2-11H2,1H3. The van der Waals surface area contributed by atoms with E-state index in [0.29, 0.717) is 17.6 Å².